The summed E-state index contributed by atoms with van der Waals surface area (Å²) in [7, 11) is 0. The molecule has 0 aromatic heterocycles. The van der Waals surface area contributed by atoms with Gasteiger partial charge in [0.25, 0.3) is 5.91 Å². The fourth-order valence-electron chi connectivity index (χ4n) is 3.90. The van der Waals surface area contributed by atoms with E-state index in [1.807, 2.05) is 6.07 Å². The number of primary amides is 1. The predicted molar refractivity (Wildman–Crippen MR) is 109 cm³/mol. The maximum atomic E-state index is 12.9. The average Bonchev–Trinajstić information content (AvgIpc) is 3.22. The summed E-state index contributed by atoms with van der Waals surface area (Å²) in [5.41, 5.74) is 7.15. The lowest BCUT2D eigenvalue weighted by Gasteiger charge is -2.22. The normalized spacial score (nSPS) is 16.5. The van der Waals surface area contributed by atoms with Crippen LogP contribution in [0.3, 0.4) is 0 Å². The molecule has 0 spiro atoms. The topological polar surface area (TPSA) is 72.6 Å². The van der Waals surface area contributed by atoms with Crippen LogP contribution in [-0.2, 0) is 4.79 Å². The Kier molecular flexibility index (Phi) is 5.31. The minimum absolute atomic E-state index is 0.246. The van der Waals surface area contributed by atoms with Crippen molar-refractivity contribution in [2.24, 2.45) is 5.73 Å². The van der Waals surface area contributed by atoms with E-state index in [9.17, 15) is 22.8 Å². The molecule has 2 N–H and O–H groups in total. The Morgan fingerprint density at radius 2 is 1.68 bits per heavy atom. The van der Waals surface area contributed by atoms with E-state index in [1.165, 1.54) is 23.1 Å². The molecule has 1 heterocycles. The number of fused-ring (bicyclic) bond motifs is 1. The van der Waals surface area contributed by atoms with Crippen molar-refractivity contribution in [1.82, 2.24) is 4.90 Å². The molecule has 0 unspecified atom stereocenters. The molecule has 160 valence electrons. The van der Waals surface area contributed by atoms with Crippen LogP contribution in [-0.4, -0.2) is 35.7 Å². The summed E-state index contributed by atoms with van der Waals surface area (Å²) in [6.45, 7) is 0.486. The lowest BCUT2D eigenvalue weighted by molar-refractivity contribution is -0.274. The van der Waals surface area contributed by atoms with E-state index in [2.05, 4.69) is 4.74 Å². The number of alkyl halides is 3. The van der Waals surface area contributed by atoms with Gasteiger partial charge >= 0.3 is 6.36 Å². The van der Waals surface area contributed by atoms with Crippen molar-refractivity contribution in [3.8, 4) is 16.9 Å². The van der Waals surface area contributed by atoms with Crippen molar-refractivity contribution in [1.29, 1.82) is 0 Å². The fourth-order valence-corrected chi connectivity index (χ4v) is 3.90. The summed E-state index contributed by atoms with van der Waals surface area (Å²) >= 11 is 0. The maximum Gasteiger partial charge on any atom is 0.573 e. The van der Waals surface area contributed by atoms with Crippen LogP contribution in [0.1, 0.15) is 23.2 Å². The molecule has 1 fully saturated rings. The molecule has 1 atom stereocenters. The summed E-state index contributed by atoms with van der Waals surface area (Å²) in [5.74, 6) is -1.04. The second-order valence-electron chi connectivity index (χ2n) is 7.41. The summed E-state index contributed by atoms with van der Waals surface area (Å²) < 4.78 is 41.5. The van der Waals surface area contributed by atoms with E-state index in [1.54, 1.807) is 36.4 Å². The van der Waals surface area contributed by atoms with E-state index in [0.29, 0.717) is 29.7 Å². The third-order valence-electron chi connectivity index (χ3n) is 5.33. The predicted octanol–water partition coefficient (Wildman–Crippen LogP) is 4.50. The Labute approximate surface area is 176 Å². The van der Waals surface area contributed by atoms with E-state index in [-0.39, 0.29) is 11.7 Å². The van der Waals surface area contributed by atoms with Gasteiger partial charge < -0.3 is 15.4 Å². The van der Waals surface area contributed by atoms with Gasteiger partial charge in [0.2, 0.25) is 5.91 Å². The van der Waals surface area contributed by atoms with Crippen molar-refractivity contribution < 1.29 is 27.5 Å². The van der Waals surface area contributed by atoms with Gasteiger partial charge in [-0.15, -0.1) is 13.2 Å². The Morgan fingerprint density at radius 3 is 2.42 bits per heavy atom. The zero-order chi connectivity index (χ0) is 22.2. The highest BCUT2D eigenvalue weighted by atomic mass is 19.4. The number of ether oxygens (including phenoxy) is 1. The molecule has 8 heteroatoms. The van der Waals surface area contributed by atoms with Crippen molar-refractivity contribution in [3.63, 3.8) is 0 Å². The first-order valence-electron chi connectivity index (χ1n) is 9.71. The second kappa shape index (κ2) is 7.94. The van der Waals surface area contributed by atoms with Gasteiger partial charge in [-0.25, -0.2) is 0 Å². The van der Waals surface area contributed by atoms with Crippen LogP contribution in [0.25, 0.3) is 21.9 Å². The van der Waals surface area contributed by atoms with Crippen molar-refractivity contribution in [2.45, 2.75) is 25.2 Å². The van der Waals surface area contributed by atoms with E-state index in [0.717, 1.165) is 17.2 Å². The Bertz CT molecular complexity index is 1160. The van der Waals surface area contributed by atoms with Crippen LogP contribution in [0.4, 0.5) is 13.2 Å². The number of nitrogens with zero attached hydrogens (tertiary/aromatic N) is 1. The van der Waals surface area contributed by atoms with Crippen LogP contribution in [0.15, 0.2) is 60.7 Å². The SMILES string of the molecule is NC(=O)[C@H]1CCCN1C(=O)c1ccc2cc(-c3cccc(OC(F)(F)F)c3)ccc2c1. The number of hydrogen-bond acceptors (Lipinski definition) is 3. The van der Waals surface area contributed by atoms with Gasteiger partial charge in [-0.3, -0.25) is 9.59 Å². The van der Waals surface area contributed by atoms with E-state index < -0.39 is 18.3 Å². The standard InChI is InChI=1S/C23H19F3N2O3/c24-23(25,26)31-19-4-1-3-14(13-19)15-6-7-17-12-18(9-8-16(17)11-15)22(30)28-10-2-5-20(28)21(27)29/h1,3-4,6-9,11-13,20H,2,5,10H2,(H2,27,29)/t20-/m1/s1. The van der Waals surface area contributed by atoms with Crippen LogP contribution in [0, 0.1) is 0 Å². The first kappa shape index (κ1) is 20.7. The lowest BCUT2D eigenvalue weighted by atomic mass is 9.99. The van der Waals surface area contributed by atoms with Crippen LogP contribution in [0.2, 0.25) is 0 Å². The number of carbonyl (C=O) groups is 2. The molecule has 1 aliphatic rings. The zero-order valence-corrected chi connectivity index (χ0v) is 16.4. The third kappa shape index (κ3) is 4.47. The molecule has 5 nitrogen and oxygen atoms in total. The minimum Gasteiger partial charge on any atom is -0.406 e. The average molecular weight is 428 g/mol. The van der Waals surface area contributed by atoms with Gasteiger partial charge in [0.15, 0.2) is 0 Å². The number of likely N-dealkylation sites (tertiary alicyclic amines) is 1. The molecule has 1 saturated heterocycles. The van der Waals surface area contributed by atoms with Gasteiger partial charge in [-0.05, 0) is 65.1 Å². The first-order valence-corrected chi connectivity index (χ1v) is 9.71. The first-order chi connectivity index (χ1) is 14.7. The van der Waals surface area contributed by atoms with Gasteiger partial charge in [-0.1, -0.05) is 30.3 Å². The molecule has 3 aromatic carbocycles. The summed E-state index contributed by atoms with van der Waals surface area (Å²) in [6.07, 6.45) is -3.46. The molecule has 31 heavy (non-hydrogen) atoms. The van der Waals surface area contributed by atoms with Crippen LogP contribution in [0.5, 0.6) is 5.75 Å². The van der Waals surface area contributed by atoms with Gasteiger partial charge in [0, 0.05) is 12.1 Å². The second-order valence-corrected chi connectivity index (χ2v) is 7.41. The summed E-state index contributed by atoms with van der Waals surface area (Å²) in [5, 5.41) is 1.62. The van der Waals surface area contributed by atoms with Crippen molar-refractivity contribution in [2.75, 3.05) is 6.54 Å². The van der Waals surface area contributed by atoms with Crippen molar-refractivity contribution in [3.05, 3.63) is 66.2 Å². The van der Waals surface area contributed by atoms with E-state index in [4.69, 9.17) is 5.73 Å². The number of nitrogens with two attached hydrogens (primary N) is 1. The number of benzene rings is 3. The number of hydrogen-bond donors (Lipinski definition) is 1. The molecule has 3 aromatic rings. The zero-order valence-electron chi connectivity index (χ0n) is 16.4. The molecule has 0 saturated carbocycles. The molecule has 4 rings (SSSR count). The van der Waals surface area contributed by atoms with Gasteiger partial charge in [0.1, 0.15) is 11.8 Å². The van der Waals surface area contributed by atoms with Gasteiger partial charge in [0.05, 0.1) is 0 Å². The highest BCUT2D eigenvalue weighted by Gasteiger charge is 2.33. The summed E-state index contributed by atoms with van der Waals surface area (Å²) in [4.78, 5) is 26.0. The minimum atomic E-state index is -4.76. The summed E-state index contributed by atoms with van der Waals surface area (Å²) in [6, 6.07) is 15.8. The Balaban J connectivity index is 1.61. The molecule has 0 radical (unpaired) electrons. The maximum absolute atomic E-state index is 12.9. The molecule has 2 amide bonds. The number of rotatable bonds is 4. The number of amides is 2. The molecular weight excluding hydrogens is 409 g/mol. The van der Waals surface area contributed by atoms with Crippen molar-refractivity contribution >= 4 is 22.6 Å². The smallest absolute Gasteiger partial charge is 0.406 e. The molecule has 1 aliphatic heterocycles. The van der Waals surface area contributed by atoms with Gasteiger partial charge in [-0.2, -0.15) is 0 Å². The highest BCUT2D eigenvalue weighted by Crippen LogP contribution is 2.30. The molecular formula is C23H19F3N2O3. The van der Waals surface area contributed by atoms with E-state index >= 15 is 0 Å². The number of carbonyl (C=O) groups excluding carboxylic acids is 2. The molecule has 0 aliphatic carbocycles. The molecule has 0 bridgehead atoms. The lowest BCUT2D eigenvalue weighted by Crippen LogP contribution is -2.43. The highest BCUT2D eigenvalue weighted by molar-refractivity contribution is 6.01. The fraction of sp³-hybridized carbons (Fsp3) is 0.217. The Hall–Kier alpha value is -3.55. The van der Waals surface area contributed by atoms with Crippen LogP contribution < -0.4 is 10.5 Å². The van der Waals surface area contributed by atoms with Crippen LogP contribution >= 0.6 is 0 Å². The largest absolute Gasteiger partial charge is 0.573 e. The quantitative estimate of drug-likeness (QED) is 0.665. The third-order valence-corrected chi connectivity index (χ3v) is 5.33. The number of halogens is 3. The monoisotopic (exact) mass is 428 g/mol. The Morgan fingerprint density at radius 1 is 0.968 bits per heavy atom.